The molecule has 5 aliphatic rings. The summed E-state index contributed by atoms with van der Waals surface area (Å²) in [4.78, 5) is 95.8. The molecular weight excluding hydrogens is 1790 g/mol. The molecule has 0 radical (unpaired) electrons. The second-order valence-corrected chi connectivity index (χ2v) is 37.7. The monoisotopic (exact) mass is 1890 g/mol. The number of anilines is 10. The Labute approximate surface area is 774 Å². The fraction of sp³-hybridized carbons (Fsp3) is 0.435. The lowest BCUT2D eigenvalue weighted by Crippen LogP contribution is -2.41. The van der Waals surface area contributed by atoms with E-state index in [0.717, 1.165) is 41.3 Å². The maximum absolute atomic E-state index is 13.5. The molecule has 15 rings (SSSR count). The zero-order chi connectivity index (χ0) is 96.2. The van der Waals surface area contributed by atoms with Gasteiger partial charge >= 0.3 is 0 Å². The average Bonchev–Trinajstić information content (AvgIpc) is 1.64. The molecule has 0 aliphatic carbocycles. The number of carbonyl (C=O) groups is 7. The van der Waals surface area contributed by atoms with Crippen molar-refractivity contribution in [2.75, 3.05) is 105 Å². The van der Waals surface area contributed by atoms with Gasteiger partial charge in [0, 0.05) is 179 Å². The molecule has 5 aliphatic heterocycles. The Balaban J connectivity index is 0.000000159. The van der Waals surface area contributed by atoms with Crippen molar-refractivity contribution in [2.24, 2.45) is 0 Å². The van der Waals surface area contributed by atoms with Crippen LogP contribution >= 0.6 is 34.8 Å². The van der Waals surface area contributed by atoms with Crippen LogP contribution in [0.15, 0.2) is 162 Å². The van der Waals surface area contributed by atoms with Gasteiger partial charge in [-0.05, 0) is 110 Å². The van der Waals surface area contributed by atoms with Crippen LogP contribution in [0.3, 0.4) is 0 Å². The standard InChI is InChI=1S/2C19H24ClN3O4.C18H22ClN3O4.2C18H19F2N3O3/c1-19(2,11-26-3)16-9-17(22-27-16)21-18(25)15-8-14(24)10-23(15)13-6-4-12(20)5-7-13;1-19(2,11-26-3)16-9-17(27-22-16)21-18(25)15-8-14(24)10-23(15)13-6-4-12(20)5-7-13;1-18(2,10-23)15-8-16(26-21-15)20-17(25)14-7-13(24)9-22(14)12-5-3-11(19)4-6-12;1-18(2,3)14-9-15(22-26-14)21-17(25)13-6-7-16(24)23(13)10-4-5-11(19)12(20)8-10;1-18(2,3)14-9-15(26-22-14)21-17(25)13-6-7-16(24)23(13)10-4-5-11(19)12(20)8-10/h4-7,9,14-15,24H,8,10-11H2,1-3H3,(H,21,22,25);4-7,9,14-15,24H,8,10-11H2,1-3H3,(H,21,25);3-6,8,13-14,23-24H,7,9-10H2,1-2H3,(H,20,25);4-5,8-9,13H,6-7H2,1-3H3,(H,21,22,25);4-5,8-9,13H,6-7H2,1-3H3,(H,21,25)/t2*14-,15+;13-,14+;2*13-/m11100/s1. The number of halogens is 7. The predicted octanol–water partition coefficient (Wildman–Crippen LogP) is 14.6. The second-order valence-electron chi connectivity index (χ2n) is 36.4. The minimum atomic E-state index is -1.08. The lowest BCUT2D eigenvalue weighted by atomic mass is 9.90. The van der Waals surface area contributed by atoms with E-state index < -0.39 is 89.0 Å². The number of nitrogens with one attached hydrogen (secondary N) is 5. The molecule has 10 heterocycles. The van der Waals surface area contributed by atoms with Gasteiger partial charge in [-0.1, -0.05) is 144 Å². The van der Waals surface area contributed by atoms with E-state index >= 15 is 0 Å². The minimum absolute atomic E-state index is 0.0912. The first kappa shape index (κ1) is 101. The van der Waals surface area contributed by atoms with Crippen LogP contribution in [0.4, 0.5) is 75.3 Å². The summed E-state index contributed by atoms with van der Waals surface area (Å²) in [7, 11) is 3.25. The van der Waals surface area contributed by atoms with Crippen molar-refractivity contribution < 1.29 is 104 Å². The molecule has 40 heteroatoms. The van der Waals surface area contributed by atoms with Crippen LogP contribution in [0.5, 0.6) is 0 Å². The van der Waals surface area contributed by atoms with E-state index in [1.807, 2.05) is 134 Å². The largest absolute Gasteiger partial charge is 0.395 e. The van der Waals surface area contributed by atoms with Crippen LogP contribution in [0.2, 0.25) is 15.1 Å². The normalized spacial score (nSPS) is 19.2. The van der Waals surface area contributed by atoms with Gasteiger partial charge in [0.1, 0.15) is 41.7 Å². The lowest BCUT2D eigenvalue weighted by Gasteiger charge is -2.25. The van der Waals surface area contributed by atoms with Crippen molar-refractivity contribution in [1.82, 2.24) is 25.8 Å². The van der Waals surface area contributed by atoms with Crippen LogP contribution in [-0.4, -0.2) is 190 Å². The Hall–Kier alpha value is -11.8. The highest BCUT2D eigenvalue weighted by molar-refractivity contribution is 6.31. The number of carbonyl (C=O) groups excluding carboxylic acids is 7. The second kappa shape index (κ2) is 42.8. The Morgan fingerprint density at radius 2 is 0.712 bits per heavy atom. The molecule has 8 atom stereocenters. The number of methoxy groups -OCH3 is 2. The van der Waals surface area contributed by atoms with Crippen molar-refractivity contribution in [3.05, 3.63) is 206 Å². The topological polar surface area (TPSA) is 425 Å². The van der Waals surface area contributed by atoms with Gasteiger partial charge in [0.2, 0.25) is 59.0 Å². The van der Waals surface area contributed by atoms with Crippen molar-refractivity contribution in [3.63, 3.8) is 0 Å². The molecule has 33 nitrogen and oxygen atoms in total. The predicted molar refractivity (Wildman–Crippen MR) is 486 cm³/mol. The van der Waals surface area contributed by atoms with Crippen molar-refractivity contribution in [2.45, 2.75) is 204 Å². The van der Waals surface area contributed by atoms with Crippen LogP contribution in [0.1, 0.15) is 157 Å². The first-order valence-corrected chi connectivity index (χ1v) is 43.5. The highest BCUT2D eigenvalue weighted by Crippen LogP contribution is 2.38. The van der Waals surface area contributed by atoms with Gasteiger partial charge in [-0.3, -0.25) is 59.3 Å². The molecule has 7 amide bonds. The summed E-state index contributed by atoms with van der Waals surface area (Å²) in [5.41, 5.74) is 2.91. The molecule has 10 aromatic rings. The van der Waals surface area contributed by atoms with E-state index in [0.29, 0.717) is 102 Å². The molecule has 0 saturated carbocycles. The van der Waals surface area contributed by atoms with Crippen molar-refractivity contribution in [3.8, 4) is 0 Å². The molecule has 0 unspecified atom stereocenters. The fourth-order valence-corrected chi connectivity index (χ4v) is 15.4. The number of hydrogen-bond donors (Lipinski definition) is 9. The number of rotatable bonds is 23. The Bertz CT molecular complexity index is 5390. The number of aliphatic hydroxyl groups is 4. The van der Waals surface area contributed by atoms with Crippen LogP contribution in [0, 0.1) is 23.3 Å². The van der Waals surface area contributed by atoms with E-state index in [9.17, 15) is 71.5 Å². The van der Waals surface area contributed by atoms with Gasteiger partial charge in [-0.2, -0.15) is 0 Å². The first-order chi connectivity index (χ1) is 62.2. The molecule has 5 aromatic heterocycles. The quantitative estimate of drug-likeness (QED) is 0.0269. The minimum Gasteiger partial charge on any atom is -0.395 e. The average molecular weight is 1890 g/mol. The number of hydrogen-bond acceptors (Lipinski definition) is 26. The summed E-state index contributed by atoms with van der Waals surface area (Å²) in [6.45, 7) is 25.2. The zero-order valence-corrected chi connectivity index (χ0v) is 77.5. The Morgan fingerprint density at radius 3 is 1.05 bits per heavy atom. The van der Waals surface area contributed by atoms with E-state index in [1.165, 1.54) is 21.9 Å². The number of aromatic nitrogens is 5. The molecule has 5 fully saturated rings. The highest BCUT2D eigenvalue weighted by atomic mass is 35.5. The van der Waals surface area contributed by atoms with E-state index in [1.54, 1.807) is 80.9 Å². The summed E-state index contributed by atoms with van der Waals surface area (Å²) >= 11 is 17.8. The summed E-state index contributed by atoms with van der Waals surface area (Å²) in [6.07, 6.45) is 0.0603. The van der Waals surface area contributed by atoms with Crippen molar-refractivity contribution >= 4 is 134 Å². The third kappa shape index (κ3) is 25.5. The third-order valence-electron chi connectivity index (χ3n) is 22.4. The van der Waals surface area contributed by atoms with Gasteiger partial charge in [-0.15, -0.1) is 0 Å². The number of aliphatic hydroxyl groups excluding tert-OH is 4. The Morgan fingerprint density at radius 1 is 0.394 bits per heavy atom. The van der Waals surface area contributed by atoms with Crippen LogP contribution < -0.4 is 51.1 Å². The van der Waals surface area contributed by atoms with E-state index in [4.69, 9.17) is 66.9 Å². The number of β-amino-alcohol motifs (C(OH)–C–C–N with tert-alkyl or cyclic N) is 3. The third-order valence-corrected chi connectivity index (χ3v) is 23.1. The summed E-state index contributed by atoms with van der Waals surface area (Å²) in [5.74, 6) is -4.10. The van der Waals surface area contributed by atoms with Crippen molar-refractivity contribution in [1.29, 1.82) is 0 Å². The van der Waals surface area contributed by atoms with Crippen LogP contribution in [-0.2, 0) is 70.1 Å². The SMILES string of the molecule is CC(C)(C)c1cc(NC(=O)[C@@H]2CCC(=O)N2c2ccc(F)c(F)c2)no1.CC(C)(C)c1cc(NC(=O)[C@@H]2CCC(=O)N2c2ccc(F)c(F)c2)on1.CC(C)(CO)c1cc(NC(=O)[C@@H]2C[C@@H](O)CN2c2ccc(Cl)cc2)on1.COCC(C)(C)c1cc(NC(=O)[C@@H]2C[C@@H](O)CN2c2ccc(Cl)cc2)no1.COCC(C)(C)c1cc(NC(=O)[C@@H]2C[C@@H](O)CN2c2ccc(Cl)cc2)on1. The highest BCUT2D eigenvalue weighted by Gasteiger charge is 2.44. The molecule has 9 N–H and O–H groups in total. The number of nitrogens with zero attached hydrogens (tertiary/aromatic N) is 10. The molecular formula is C92H108Cl3F4N15O18. The summed E-state index contributed by atoms with van der Waals surface area (Å²) in [6, 6.07) is 32.8. The zero-order valence-electron chi connectivity index (χ0n) is 75.2. The maximum atomic E-state index is 13.5. The maximum Gasteiger partial charge on any atom is 0.249 e. The lowest BCUT2D eigenvalue weighted by molar-refractivity contribution is -0.120. The molecule has 5 aromatic carbocycles. The van der Waals surface area contributed by atoms with E-state index in [2.05, 4.69) is 52.4 Å². The number of amides is 7. The van der Waals surface area contributed by atoms with Gasteiger partial charge < -0.3 is 77.8 Å². The van der Waals surface area contributed by atoms with Gasteiger partial charge in [-0.25, -0.2) is 17.6 Å². The van der Waals surface area contributed by atoms with Crippen LogP contribution in [0.25, 0.3) is 0 Å². The summed E-state index contributed by atoms with van der Waals surface area (Å²) in [5, 5.41) is 74.5. The molecule has 708 valence electrons. The first-order valence-electron chi connectivity index (χ1n) is 42.4. The number of benzene rings is 5. The van der Waals surface area contributed by atoms with Gasteiger partial charge in [0.05, 0.1) is 55.2 Å². The summed E-state index contributed by atoms with van der Waals surface area (Å²) < 4.78 is 89.9. The number of ether oxygens (including phenoxy) is 2. The van der Waals surface area contributed by atoms with E-state index in [-0.39, 0.29) is 118 Å². The van der Waals surface area contributed by atoms with Gasteiger partial charge in [0.25, 0.3) is 0 Å². The fourth-order valence-electron chi connectivity index (χ4n) is 15.0. The molecule has 0 spiro atoms. The van der Waals surface area contributed by atoms with Gasteiger partial charge in [0.15, 0.2) is 34.9 Å². The Kier molecular flexibility index (Phi) is 32.7. The molecule has 5 saturated heterocycles. The molecule has 0 bridgehead atoms. The smallest absolute Gasteiger partial charge is 0.249 e. The molecule has 132 heavy (non-hydrogen) atoms.